The van der Waals surface area contributed by atoms with Gasteiger partial charge in [0, 0.05) is 26.7 Å². The number of hydrogen-bond acceptors (Lipinski definition) is 1. The van der Waals surface area contributed by atoms with Crippen molar-refractivity contribution in [1.29, 1.82) is 0 Å². The van der Waals surface area contributed by atoms with Crippen LogP contribution in [0.4, 0.5) is 0 Å². The van der Waals surface area contributed by atoms with Crippen LogP contribution in [-0.4, -0.2) is 9.78 Å². The van der Waals surface area contributed by atoms with Crippen LogP contribution < -0.4 is 0 Å². The Balaban J connectivity index is 1.87. The normalized spacial score (nSPS) is 10.9. The molecule has 4 aromatic carbocycles. The van der Waals surface area contributed by atoms with Crippen LogP contribution in [0.1, 0.15) is 0 Å². The first-order valence-electron chi connectivity index (χ1n) is 9.96. The summed E-state index contributed by atoms with van der Waals surface area (Å²) in [6, 6.07) is 36.2. The third kappa shape index (κ3) is 3.88. The van der Waals surface area contributed by atoms with Gasteiger partial charge in [0.15, 0.2) is 0 Å². The zero-order chi connectivity index (χ0) is 21.2. The second-order valence-corrected chi connectivity index (χ2v) is 8.07. The van der Waals surface area contributed by atoms with E-state index in [1.54, 1.807) is 0 Å². The molecular formula is C27H18Cl2N2. The third-order valence-corrected chi connectivity index (χ3v) is 5.69. The molecule has 2 nitrogen and oxygen atoms in total. The molecule has 0 amide bonds. The summed E-state index contributed by atoms with van der Waals surface area (Å²) in [6.45, 7) is 0. The number of rotatable bonds is 4. The van der Waals surface area contributed by atoms with E-state index in [0.29, 0.717) is 10.0 Å². The maximum absolute atomic E-state index is 6.19. The molecule has 0 aliphatic carbocycles. The molecule has 5 aromatic rings. The minimum atomic E-state index is 0.699. The molecule has 0 saturated carbocycles. The van der Waals surface area contributed by atoms with E-state index in [-0.39, 0.29) is 0 Å². The number of halogens is 2. The van der Waals surface area contributed by atoms with Gasteiger partial charge in [-0.2, -0.15) is 5.10 Å². The van der Waals surface area contributed by atoms with Crippen LogP contribution in [0.3, 0.4) is 0 Å². The highest BCUT2D eigenvalue weighted by Crippen LogP contribution is 2.41. The number of aromatic nitrogens is 2. The largest absolute Gasteiger partial charge is 0.232 e. The van der Waals surface area contributed by atoms with Crippen molar-refractivity contribution in [1.82, 2.24) is 9.78 Å². The van der Waals surface area contributed by atoms with Crippen molar-refractivity contribution >= 4 is 23.2 Å². The van der Waals surface area contributed by atoms with E-state index in [1.165, 1.54) is 0 Å². The lowest BCUT2D eigenvalue weighted by molar-refractivity contribution is 0.892. The predicted molar refractivity (Wildman–Crippen MR) is 130 cm³/mol. The number of nitrogens with zero attached hydrogens (tertiary/aromatic N) is 2. The van der Waals surface area contributed by atoms with E-state index < -0.39 is 0 Å². The second-order valence-electron chi connectivity index (χ2n) is 7.20. The topological polar surface area (TPSA) is 17.8 Å². The lowest BCUT2D eigenvalue weighted by Gasteiger charge is -2.11. The monoisotopic (exact) mass is 440 g/mol. The Morgan fingerprint density at radius 3 is 1.61 bits per heavy atom. The molecule has 0 N–H and O–H groups in total. The first-order chi connectivity index (χ1) is 15.2. The van der Waals surface area contributed by atoms with Gasteiger partial charge in [0.05, 0.1) is 11.4 Å². The van der Waals surface area contributed by atoms with Crippen LogP contribution in [0, 0.1) is 0 Å². The summed E-state index contributed by atoms with van der Waals surface area (Å²) in [5, 5.41) is 6.50. The van der Waals surface area contributed by atoms with Crippen molar-refractivity contribution in [2.24, 2.45) is 0 Å². The van der Waals surface area contributed by atoms with Crippen LogP contribution in [-0.2, 0) is 0 Å². The highest BCUT2D eigenvalue weighted by Gasteiger charge is 2.22. The molecule has 1 heterocycles. The van der Waals surface area contributed by atoms with Gasteiger partial charge >= 0.3 is 0 Å². The Morgan fingerprint density at radius 2 is 1.03 bits per heavy atom. The quantitative estimate of drug-likeness (QED) is 0.275. The van der Waals surface area contributed by atoms with Crippen molar-refractivity contribution in [3.63, 3.8) is 0 Å². The van der Waals surface area contributed by atoms with Crippen molar-refractivity contribution in [3.05, 3.63) is 119 Å². The van der Waals surface area contributed by atoms with Crippen LogP contribution in [0.25, 0.3) is 39.3 Å². The molecule has 150 valence electrons. The highest BCUT2D eigenvalue weighted by molar-refractivity contribution is 6.31. The van der Waals surface area contributed by atoms with Crippen LogP contribution >= 0.6 is 23.2 Å². The lowest BCUT2D eigenvalue weighted by atomic mass is 9.96. The first kappa shape index (κ1) is 19.6. The molecule has 0 saturated heterocycles. The fourth-order valence-electron chi connectivity index (χ4n) is 3.74. The van der Waals surface area contributed by atoms with E-state index in [2.05, 4.69) is 24.3 Å². The van der Waals surface area contributed by atoms with E-state index in [1.807, 2.05) is 89.6 Å². The van der Waals surface area contributed by atoms with Gasteiger partial charge in [-0.05, 0) is 42.0 Å². The second kappa shape index (κ2) is 8.43. The number of para-hydroxylation sites is 1. The summed E-state index contributed by atoms with van der Waals surface area (Å²) in [5.41, 5.74) is 7.11. The van der Waals surface area contributed by atoms with Crippen molar-refractivity contribution in [2.75, 3.05) is 0 Å². The van der Waals surface area contributed by atoms with Crippen LogP contribution in [0.2, 0.25) is 10.0 Å². The molecule has 0 unspecified atom stereocenters. The van der Waals surface area contributed by atoms with E-state index >= 15 is 0 Å². The molecular weight excluding hydrogens is 423 g/mol. The Bertz CT molecular complexity index is 1310. The van der Waals surface area contributed by atoms with Gasteiger partial charge in [-0.15, -0.1) is 0 Å². The fourth-order valence-corrected chi connectivity index (χ4v) is 3.99. The molecule has 31 heavy (non-hydrogen) atoms. The summed E-state index contributed by atoms with van der Waals surface area (Å²) >= 11 is 12.4. The van der Waals surface area contributed by atoms with Gasteiger partial charge < -0.3 is 0 Å². The molecule has 0 aliphatic rings. The summed E-state index contributed by atoms with van der Waals surface area (Å²) in [7, 11) is 0. The molecule has 1 aromatic heterocycles. The standard InChI is InChI=1S/C27H18Cl2N2/c28-22-15-11-20(12-16-22)26-25(19-7-3-1-4-8-19)27(21-13-17-23(29)18-14-21)31(30-26)24-9-5-2-6-10-24/h1-18H. The van der Waals surface area contributed by atoms with E-state index in [4.69, 9.17) is 28.3 Å². The smallest absolute Gasteiger partial charge is 0.101 e. The molecule has 4 heteroatoms. The molecule has 0 spiro atoms. The molecule has 0 atom stereocenters. The van der Waals surface area contributed by atoms with E-state index in [9.17, 15) is 0 Å². The molecule has 0 aliphatic heterocycles. The van der Waals surface area contributed by atoms with Crippen molar-refractivity contribution in [2.45, 2.75) is 0 Å². The molecule has 0 fully saturated rings. The van der Waals surface area contributed by atoms with Gasteiger partial charge in [0.1, 0.15) is 5.69 Å². The van der Waals surface area contributed by atoms with Gasteiger partial charge in [0.2, 0.25) is 0 Å². The Morgan fingerprint density at radius 1 is 0.516 bits per heavy atom. The molecule has 0 radical (unpaired) electrons. The van der Waals surface area contributed by atoms with E-state index in [0.717, 1.165) is 39.3 Å². The zero-order valence-electron chi connectivity index (χ0n) is 16.5. The first-order valence-corrected chi connectivity index (χ1v) is 10.7. The number of benzene rings is 4. The zero-order valence-corrected chi connectivity index (χ0v) is 18.1. The summed E-state index contributed by atoms with van der Waals surface area (Å²) in [5.74, 6) is 0. The summed E-state index contributed by atoms with van der Waals surface area (Å²) < 4.78 is 2.01. The predicted octanol–water partition coefficient (Wildman–Crippen LogP) is 8.18. The molecule has 0 bridgehead atoms. The summed E-state index contributed by atoms with van der Waals surface area (Å²) in [6.07, 6.45) is 0. The third-order valence-electron chi connectivity index (χ3n) is 5.18. The SMILES string of the molecule is Clc1ccc(-c2nn(-c3ccccc3)c(-c3ccc(Cl)cc3)c2-c2ccccc2)cc1. The van der Waals surface area contributed by atoms with Gasteiger partial charge in [-0.3, -0.25) is 0 Å². The van der Waals surface area contributed by atoms with Crippen molar-refractivity contribution in [3.8, 4) is 39.3 Å². The molecule has 5 rings (SSSR count). The minimum Gasteiger partial charge on any atom is -0.232 e. The van der Waals surface area contributed by atoms with Crippen LogP contribution in [0.15, 0.2) is 109 Å². The van der Waals surface area contributed by atoms with Crippen molar-refractivity contribution < 1.29 is 0 Å². The Kier molecular flexibility index (Phi) is 5.33. The van der Waals surface area contributed by atoms with Crippen LogP contribution in [0.5, 0.6) is 0 Å². The lowest BCUT2D eigenvalue weighted by Crippen LogP contribution is -1.99. The van der Waals surface area contributed by atoms with Gasteiger partial charge in [-0.1, -0.05) is 96.0 Å². The summed E-state index contributed by atoms with van der Waals surface area (Å²) in [4.78, 5) is 0. The maximum atomic E-state index is 6.19. The number of hydrogen-bond donors (Lipinski definition) is 0. The maximum Gasteiger partial charge on any atom is 0.101 e. The van der Waals surface area contributed by atoms with Gasteiger partial charge in [-0.25, -0.2) is 4.68 Å². The Hall–Kier alpha value is -3.33. The average molecular weight is 441 g/mol. The average Bonchev–Trinajstić information content (AvgIpc) is 3.22. The van der Waals surface area contributed by atoms with Gasteiger partial charge in [0.25, 0.3) is 0 Å². The highest BCUT2D eigenvalue weighted by atomic mass is 35.5. The Labute approximate surface area is 191 Å². The fraction of sp³-hybridized carbons (Fsp3) is 0. The minimum absolute atomic E-state index is 0.699.